The van der Waals surface area contributed by atoms with Crippen molar-refractivity contribution in [3.8, 4) is 11.1 Å². The number of carbonyl (C=O) groups excluding carboxylic acids is 1. The van der Waals surface area contributed by atoms with Crippen molar-refractivity contribution in [1.82, 2.24) is 20.7 Å². The SMILES string of the molecule is CCNC(=O)c1noc(C2(C(C)C)CC(c3ccccc3)=C(O)C=C2O)c1-c1ccc(CNC2CCN(C)CC2)cc1. The fraction of sp³-hybridized carbons (Fsp3) is 0.412. The van der Waals surface area contributed by atoms with E-state index in [0.29, 0.717) is 29.5 Å². The highest BCUT2D eigenvalue weighted by Crippen LogP contribution is 2.52. The van der Waals surface area contributed by atoms with Crippen LogP contribution in [-0.2, 0) is 12.0 Å². The van der Waals surface area contributed by atoms with E-state index in [9.17, 15) is 15.0 Å². The second-order valence-corrected chi connectivity index (χ2v) is 11.8. The summed E-state index contributed by atoms with van der Waals surface area (Å²) in [6.45, 7) is 9.28. The van der Waals surface area contributed by atoms with Crippen LogP contribution < -0.4 is 10.6 Å². The largest absolute Gasteiger partial charge is 0.511 e. The summed E-state index contributed by atoms with van der Waals surface area (Å²) in [7, 11) is 2.16. The Morgan fingerprint density at radius 1 is 1.07 bits per heavy atom. The van der Waals surface area contributed by atoms with Gasteiger partial charge in [0, 0.05) is 30.8 Å². The molecule has 2 aromatic carbocycles. The molecule has 0 radical (unpaired) electrons. The van der Waals surface area contributed by atoms with Crippen molar-refractivity contribution in [3.63, 3.8) is 0 Å². The number of hydrogen-bond donors (Lipinski definition) is 4. The van der Waals surface area contributed by atoms with Crippen LogP contribution in [0.15, 0.2) is 76.7 Å². The van der Waals surface area contributed by atoms with Gasteiger partial charge in [-0.25, -0.2) is 0 Å². The molecule has 1 aromatic heterocycles. The molecule has 1 amide bonds. The number of aliphatic hydroxyl groups is 2. The van der Waals surface area contributed by atoms with Crippen molar-refractivity contribution in [2.45, 2.75) is 58.0 Å². The molecule has 8 nitrogen and oxygen atoms in total. The molecule has 1 atom stereocenters. The normalized spacial score (nSPS) is 20.2. The van der Waals surface area contributed by atoms with Crippen molar-refractivity contribution in [3.05, 3.63) is 94.8 Å². The zero-order valence-electron chi connectivity index (χ0n) is 25.0. The molecule has 5 rings (SSSR count). The smallest absolute Gasteiger partial charge is 0.274 e. The number of carbonyl (C=O) groups is 1. The predicted octanol–water partition coefficient (Wildman–Crippen LogP) is 5.98. The molecule has 1 aliphatic heterocycles. The van der Waals surface area contributed by atoms with Gasteiger partial charge in [0.25, 0.3) is 5.91 Å². The Morgan fingerprint density at radius 2 is 1.76 bits per heavy atom. The maximum absolute atomic E-state index is 13.2. The Labute approximate surface area is 248 Å². The lowest BCUT2D eigenvalue weighted by Gasteiger charge is -2.38. The number of aromatic nitrogens is 1. The lowest BCUT2D eigenvalue weighted by atomic mass is 9.64. The first kappa shape index (κ1) is 29.6. The minimum Gasteiger partial charge on any atom is -0.511 e. The summed E-state index contributed by atoms with van der Waals surface area (Å²) in [6, 6.07) is 18.3. The Balaban J connectivity index is 1.54. The van der Waals surface area contributed by atoms with Crippen LogP contribution in [0.3, 0.4) is 0 Å². The second kappa shape index (κ2) is 12.5. The topological polar surface area (TPSA) is 111 Å². The number of piperidine rings is 1. The van der Waals surface area contributed by atoms with Gasteiger partial charge in [0.1, 0.15) is 11.5 Å². The van der Waals surface area contributed by atoms with Crippen LogP contribution in [0.25, 0.3) is 16.7 Å². The van der Waals surface area contributed by atoms with E-state index in [1.54, 1.807) is 0 Å². The van der Waals surface area contributed by atoms with Crippen LogP contribution in [0.4, 0.5) is 0 Å². The lowest BCUT2D eigenvalue weighted by molar-refractivity contribution is 0.0946. The average Bonchev–Trinajstić information content (AvgIpc) is 3.43. The van der Waals surface area contributed by atoms with Gasteiger partial charge in [-0.05, 0) is 68.9 Å². The maximum atomic E-state index is 13.2. The summed E-state index contributed by atoms with van der Waals surface area (Å²) in [6.07, 6.45) is 3.95. The van der Waals surface area contributed by atoms with Crippen molar-refractivity contribution in [2.24, 2.45) is 5.92 Å². The first-order chi connectivity index (χ1) is 20.2. The van der Waals surface area contributed by atoms with Crippen LogP contribution in [0, 0.1) is 5.92 Å². The Hall–Kier alpha value is -3.88. The van der Waals surface area contributed by atoms with Gasteiger partial charge in [-0.3, -0.25) is 4.79 Å². The molecule has 3 aromatic rings. The standard InChI is InChI=1S/C34H42N4O4/c1-5-35-33(41)31-30(25-13-11-23(12-14-25)21-36-26-15-17-38(4)18-16-26)32(42-37-31)34(22(2)3)20-27(28(39)19-29(34)40)24-9-7-6-8-10-24/h6-14,19,22,26,36,39-40H,5,15-18,20-21H2,1-4H3,(H,35,41). The molecule has 1 fully saturated rings. The van der Waals surface area contributed by atoms with Gasteiger partial charge in [-0.15, -0.1) is 0 Å². The van der Waals surface area contributed by atoms with Crippen LogP contribution >= 0.6 is 0 Å². The molecule has 0 saturated carbocycles. The zero-order chi connectivity index (χ0) is 29.9. The highest BCUT2D eigenvalue weighted by atomic mass is 16.5. The number of aliphatic hydroxyl groups excluding tert-OH is 2. The molecule has 1 aliphatic carbocycles. The van der Waals surface area contributed by atoms with E-state index in [1.807, 2.05) is 63.2 Å². The molecule has 8 heteroatoms. The fourth-order valence-electron chi connectivity index (χ4n) is 6.18. The van der Waals surface area contributed by atoms with Gasteiger partial charge in [0.15, 0.2) is 11.5 Å². The Bertz CT molecular complexity index is 1450. The number of hydrogen-bond acceptors (Lipinski definition) is 7. The number of allylic oxidation sites excluding steroid dienone is 3. The molecule has 1 saturated heterocycles. The van der Waals surface area contributed by atoms with Crippen LogP contribution in [0.2, 0.25) is 0 Å². The molecule has 4 N–H and O–H groups in total. The van der Waals surface area contributed by atoms with Crippen molar-refractivity contribution >= 4 is 11.5 Å². The minimum absolute atomic E-state index is 0.0152. The molecule has 2 heterocycles. The monoisotopic (exact) mass is 570 g/mol. The third-order valence-electron chi connectivity index (χ3n) is 8.81. The van der Waals surface area contributed by atoms with E-state index in [2.05, 4.69) is 39.9 Å². The van der Waals surface area contributed by atoms with E-state index >= 15 is 0 Å². The molecule has 2 aliphatic rings. The first-order valence-electron chi connectivity index (χ1n) is 14.9. The molecular formula is C34H42N4O4. The molecule has 222 valence electrons. The van der Waals surface area contributed by atoms with Gasteiger partial charge >= 0.3 is 0 Å². The third kappa shape index (κ3) is 5.74. The molecular weight excluding hydrogens is 528 g/mol. The van der Waals surface area contributed by atoms with Gasteiger partial charge < -0.3 is 30.3 Å². The molecule has 0 spiro atoms. The first-order valence-corrected chi connectivity index (χ1v) is 14.9. The summed E-state index contributed by atoms with van der Waals surface area (Å²) in [5.41, 5.74) is 3.15. The average molecular weight is 571 g/mol. The highest BCUT2D eigenvalue weighted by Gasteiger charge is 2.49. The molecule has 42 heavy (non-hydrogen) atoms. The quantitative estimate of drug-likeness (QED) is 0.250. The van der Waals surface area contributed by atoms with E-state index < -0.39 is 5.41 Å². The number of likely N-dealkylation sites (tertiary alicyclic amines) is 1. The van der Waals surface area contributed by atoms with Crippen molar-refractivity contribution in [2.75, 3.05) is 26.7 Å². The van der Waals surface area contributed by atoms with E-state index in [0.717, 1.165) is 49.2 Å². The molecule has 1 unspecified atom stereocenters. The van der Waals surface area contributed by atoms with Crippen molar-refractivity contribution < 1.29 is 19.5 Å². The summed E-state index contributed by atoms with van der Waals surface area (Å²) >= 11 is 0. The maximum Gasteiger partial charge on any atom is 0.274 e. The van der Waals surface area contributed by atoms with Crippen LogP contribution in [-0.4, -0.2) is 58.9 Å². The molecule has 0 bridgehead atoms. The predicted molar refractivity (Wildman–Crippen MR) is 165 cm³/mol. The second-order valence-electron chi connectivity index (χ2n) is 11.8. The van der Waals surface area contributed by atoms with E-state index in [-0.39, 0.29) is 35.5 Å². The van der Waals surface area contributed by atoms with Gasteiger partial charge in [-0.2, -0.15) is 0 Å². The summed E-state index contributed by atoms with van der Waals surface area (Å²) in [5.74, 6) is -0.0942. The number of nitrogens with zero attached hydrogens (tertiary/aromatic N) is 2. The Morgan fingerprint density at radius 3 is 2.40 bits per heavy atom. The Kier molecular flexibility index (Phi) is 8.85. The van der Waals surface area contributed by atoms with E-state index in [1.165, 1.54) is 6.08 Å². The van der Waals surface area contributed by atoms with Crippen molar-refractivity contribution in [1.29, 1.82) is 0 Å². The number of rotatable bonds is 9. The number of amides is 1. The van der Waals surface area contributed by atoms with Crippen LogP contribution in [0.5, 0.6) is 0 Å². The van der Waals surface area contributed by atoms with Crippen LogP contribution in [0.1, 0.15) is 67.4 Å². The summed E-state index contributed by atoms with van der Waals surface area (Å²) in [4.78, 5) is 15.6. The van der Waals surface area contributed by atoms with Gasteiger partial charge in [-0.1, -0.05) is 73.6 Å². The zero-order valence-corrected chi connectivity index (χ0v) is 25.0. The number of nitrogens with one attached hydrogen (secondary N) is 2. The number of benzene rings is 2. The third-order valence-corrected chi connectivity index (χ3v) is 8.81. The van der Waals surface area contributed by atoms with Gasteiger partial charge in [0.2, 0.25) is 0 Å². The lowest BCUT2D eigenvalue weighted by Crippen LogP contribution is -2.40. The minimum atomic E-state index is -1.06. The highest BCUT2D eigenvalue weighted by molar-refractivity contribution is 5.99. The van der Waals surface area contributed by atoms with E-state index in [4.69, 9.17) is 4.52 Å². The van der Waals surface area contributed by atoms with Gasteiger partial charge in [0.05, 0.1) is 11.0 Å². The fourth-order valence-corrected chi connectivity index (χ4v) is 6.18. The summed E-state index contributed by atoms with van der Waals surface area (Å²) < 4.78 is 6.05. The summed E-state index contributed by atoms with van der Waals surface area (Å²) in [5, 5.41) is 33.2.